The van der Waals surface area contributed by atoms with E-state index in [1.54, 1.807) is 11.3 Å². The zero-order valence-electron chi connectivity index (χ0n) is 13.2. The standard InChI is InChI=1S/C18H20N2O2S/c1-18(10-19)6-7-20(11-18)17(21)15-8-12-9-22-14-5-3-2-4-13(14)16(12)23-15/h2-5,8H,6-7,9-11,19H2,1H3. The molecule has 1 aromatic heterocycles. The molecule has 1 aromatic carbocycles. The number of para-hydroxylation sites is 1. The average Bonchev–Trinajstić information content (AvgIpc) is 3.19. The summed E-state index contributed by atoms with van der Waals surface area (Å²) in [6.45, 7) is 4.86. The molecule has 0 spiro atoms. The van der Waals surface area contributed by atoms with E-state index in [1.165, 1.54) is 0 Å². The van der Waals surface area contributed by atoms with E-state index >= 15 is 0 Å². The number of nitrogens with two attached hydrogens (primary N) is 1. The number of benzene rings is 1. The fraction of sp³-hybridized carbons (Fsp3) is 0.389. The van der Waals surface area contributed by atoms with Crippen LogP contribution in [0.3, 0.4) is 0 Å². The zero-order valence-corrected chi connectivity index (χ0v) is 14.0. The molecule has 0 aliphatic carbocycles. The van der Waals surface area contributed by atoms with Gasteiger partial charge >= 0.3 is 0 Å². The highest BCUT2D eigenvalue weighted by Gasteiger charge is 2.36. The van der Waals surface area contributed by atoms with Gasteiger partial charge in [0.1, 0.15) is 12.4 Å². The van der Waals surface area contributed by atoms with Crippen molar-refractivity contribution in [1.82, 2.24) is 4.90 Å². The maximum absolute atomic E-state index is 12.8. The van der Waals surface area contributed by atoms with Gasteiger partial charge in [-0.25, -0.2) is 0 Å². The lowest BCUT2D eigenvalue weighted by atomic mass is 9.90. The third-order valence-electron chi connectivity index (χ3n) is 4.87. The molecule has 1 saturated heterocycles. The second-order valence-electron chi connectivity index (χ2n) is 6.74. The van der Waals surface area contributed by atoms with E-state index < -0.39 is 0 Å². The van der Waals surface area contributed by atoms with E-state index in [-0.39, 0.29) is 11.3 Å². The highest BCUT2D eigenvalue weighted by atomic mass is 32.1. The minimum absolute atomic E-state index is 0.0578. The van der Waals surface area contributed by atoms with Gasteiger partial charge in [-0.1, -0.05) is 19.1 Å². The van der Waals surface area contributed by atoms with Crippen molar-refractivity contribution in [3.05, 3.63) is 40.8 Å². The van der Waals surface area contributed by atoms with Crippen molar-refractivity contribution in [2.24, 2.45) is 11.1 Å². The molecule has 2 aromatic rings. The summed E-state index contributed by atoms with van der Waals surface area (Å²) >= 11 is 1.58. The molecule has 4 nitrogen and oxygen atoms in total. The first-order valence-corrected chi connectivity index (χ1v) is 8.75. The first-order chi connectivity index (χ1) is 11.1. The van der Waals surface area contributed by atoms with Crippen LogP contribution >= 0.6 is 11.3 Å². The third kappa shape index (κ3) is 2.44. The predicted octanol–water partition coefficient (Wildman–Crippen LogP) is 3.12. The first-order valence-electron chi connectivity index (χ1n) is 7.94. The number of hydrogen-bond acceptors (Lipinski definition) is 4. The number of ether oxygens (including phenoxy) is 1. The molecule has 1 atom stereocenters. The van der Waals surface area contributed by atoms with Crippen LogP contribution in [0, 0.1) is 5.41 Å². The Morgan fingerprint density at radius 2 is 2.26 bits per heavy atom. The van der Waals surface area contributed by atoms with Crippen LogP contribution in [-0.2, 0) is 6.61 Å². The summed E-state index contributed by atoms with van der Waals surface area (Å²) in [4.78, 5) is 16.7. The van der Waals surface area contributed by atoms with Crippen LogP contribution in [0.1, 0.15) is 28.6 Å². The van der Waals surface area contributed by atoms with E-state index in [9.17, 15) is 4.79 Å². The fourth-order valence-corrected chi connectivity index (χ4v) is 4.49. The molecule has 0 saturated carbocycles. The molecular weight excluding hydrogens is 308 g/mol. The van der Waals surface area contributed by atoms with Gasteiger partial charge in [0.15, 0.2) is 0 Å². The largest absolute Gasteiger partial charge is 0.488 e. The lowest BCUT2D eigenvalue weighted by Crippen LogP contribution is -2.34. The van der Waals surface area contributed by atoms with Crippen molar-refractivity contribution in [2.75, 3.05) is 19.6 Å². The maximum Gasteiger partial charge on any atom is 0.263 e. The van der Waals surface area contributed by atoms with E-state index in [0.29, 0.717) is 13.2 Å². The Morgan fingerprint density at radius 3 is 3.04 bits per heavy atom. The van der Waals surface area contributed by atoms with Crippen LogP contribution in [0.2, 0.25) is 0 Å². The van der Waals surface area contributed by atoms with Gasteiger partial charge in [0, 0.05) is 29.1 Å². The van der Waals surface area contributed by atoms with Crippen molar-refractivity contribution in [3.8, 4) is 16.2 Å². The number of thiophene rings is 1. The Kier molecular flexibility index (Phi) is 3.43. The quantitative estimate of drug-likeness (QED) is 0.921. The van der Waals surface area contributed by atoms with Gasteiger partial charge in [0.05, 0.1) is 4.88 Å². The number of rotatable bonds is 2. The molecular formula is C18H20N2O2S. The molecule has 0 radical (unpaired) electrons. The summed E-state index contributed by atoms with van der Waals surface area (Å²) in [6.07, 6.45) is 0.978. The molecule has 2 N–H and O–H groups in total. The van der Waals surface area contributed by atoms with Crippen LogP contribution in [0.25, 0.3) is 10.4 Å². The van der Waals surface area contributed by atoms with Crippen LogP contribution in [-0.4, -0.2) is 30.4 Å². The lowest BCUT2D eigenvalue weighted by Gasteiger charge is -2.22. The van der Waals surface area contributed by atoms with E-state index in [4.69, 9.17) is 10.5 Å². The van der Waals surface area contributed by atoms with Gasteiger partial charge in [0.25, 0.3) is 5.91 Å². The molecule has 120 valence electrons. The number of likely N-dealkylation sites (tertiary alicyclic amines) is 1. The van der Waals surface area contributed by atoms with Crippen LogP contribution in [0.5, 0.6) is 5.75 Å². The Labute approximate surface area is 139 Å². The van der Waals surface area contributed by atoms with Crippen LogP contribution in [0.15, 0.2) is 30.3 Å². The van der Waals surface area contributed by atoms with Crippen molar-refractivity contribution < 1.29 is 9.53 Å². The van der Waals surface area contributed by atoms with Gasteiger partial charge in [-0.05, 0) is 36.6 Å². The number of fused-ring (bicyclic) bond motifs is 3. The van der Waals surface area contributed by atoms with Gasteiger partial charge in [0.2, 0.25) is 0 Å². The van der Waals surface area contributed by atoms with Crippen LogP contribution in [0.4, 0.5) is 0 Å². The summed E-state index contributed by atoms with van der Waals surface area (Å²) in [6, 6.07) is 10.0. The number of hydrogen-bond donors (Lipinski definition) is 1. The van der Waals surface area contributed by atoms with Crippen molar-refractivity contribution in [3.63, 3.8) is 0 Å². The van der Waals surface area contributed by atoms with E-state index in [1.807, 2.05) is 29.2 Å². The molecule has 3 heterocycles. The van der Waals surface area contributed by atoms with Crippen molar-refractivity contribution >= 4 is 17.2 Å². The average molecular weight is 328 g/mol. The molecule has 5 heteroatoms. The number of nitrogens with zero attached hydrogens (tertiary/aromatic N) is 1. The highest BCUT2D eigenvalue weighted by Crippen LogP contribution is 2.43. The minimum atomic E-state index is 0.0578. The Morgan fingerprint density at radius 1 is 1.43 bits per heavy atom. The zero-order chi connectivity index (χ0) is 16.0. The molecule has 2 aliphatic rings. The topological polar surface area (TPSA) is 55.6 Å². The van der Waals surface area contributed by atoms with Gasteiger partial charge in [-0.2, -0.15) is 0 Å². The Balaban J connectivity index is 1.63. The molecule has 23 heavy (non-hydrogen) atoms. The summed E-state index contributed by atoms with van der Waals surface area (Å²) in [5.74, 6) is 1.02. The van der Waals surface area contributed by atoms with E-state index in [2.05, 4.69) is 13.0 Å². The summed E-state index contributed by atoms with van der Waals surface area (Å²) in [5.41, 5.74) is 8.11. The van der Waals surface area contributed by atoms with E-state index in [0.717, 1.165) is 46.1 Å². The third-order valence-corrected chi connectivity index (χ3v) is 6.07. The summed E-state index contributed by atoms with van der Waals surface area (Å²) in [5, 5.41) is 0. The monoisotopic (exact) mass is 328 g/mol. The highest BCUT2D eigenvalue weighted by molar-refractivity contribution is 7.17. The molecule has 4 rings (SSSR count). The maximum atomic E-state index is 12.8. The summed E-state index contributed by atoms with van der Waals surface area (Å²) < 4.78 is 5.78. The second-order valence-corrected chi connectivity index (χ2v) is 7.79. The lowest BCUT2D eigenvalue weighted by molar-refractivity contribution is 0.0781. The van der Waals surface area contributed by atoms with Crippen molar-refractivity contribution in [2.45, 2.75) is 20.0 Å². The second kappa shape index (κ2) is 5.35. The minimum Gasteiger partial charge on any atom is -0.488 e. The molecule has 1 amide bonds. The fourth-order valence-electron chi connectivity index (χ4n) is 3.32. The van der Waals surface area contributed by atoms with Crippen molar-refractivity contribution in [1.29, 1.82) is 0 Å². The Bertz CT molecular complexity index is 770. The van der Waals surface area contributed by atoms with Gasteiger partial charge in [-0.3, -0.25) is 4.79 Å². The summed E-state index contributed by atoms with van der Waals surface area (Å²) in [7, 11) is 0. The van der Waals surface area contributed by atoms with Gasteiger partial charge < -0.3 is 15.4 Å². The molecule has 0 bridgehead atoms. The predicted molar refractivity (Wildman–Crippen MR) is 91.8 cm³/mol. The Hall–Kier alpha value is -1.85. The van der Waals surface area contributed by atoms with Crippen LogP contribution < -0.4 is 10.5 Å². The number of carbonyl (C=O) groups is 1. The number of carbonyl (C=O) groups excluding carboxylic acids is 1. The van der Waals surface area contributed by atoms with Gasteiger partial charge in [-0.15, -0.1) is 11.3 Å². The number of amides is 1. The molecule has 2 aliphatic heterocycles. The SMILES string of the molecule is CC1(CN)CCN(C(=O)c2cc3c(s2)-c2ccccc2OC3)C1. The molecule has 1 fully saturated rings. The smallest absolute Gasteiger partial charge is 0.263 e. The normalized spacial score (nSPS) is 22.4. The molecule has 1 unspecified atom stereocenters. The first kappa shape index (κ1) is 14.7.